The van der Waals surface area contributed by atoms with Crippen molar-refractivity contribution in [2.45, 2.75) is 46.1 Å². The summed E-state index contributed by atoms with van der Waals surface area (Å²) in [7, 11) is 0. The lowest BCUT2D eigenvalue weighted by Gasteiger charge is -2.22. The lowest BCUT2D eigenvalue weighted by molar-refractivity contribution is -0.148. The van der Waals surface area contributed by atoms with Crippen molar-refractivity contribution < 1.29 is 14.3 Å². The predicted molar refractivity (Wildman–Crippen MR) is 86.0 cm³/mol. The van der Waals surface area contributed by atoms with Crippen LogP contribution in [0.2, 0.25) is 0 Å². The van der Waals surface area contributed by atoms with E-state index in [2.05, 4.69) is 22.6 Å². The second-order valence-electron chi connectivity index (χ2n) is 4.95. The van der Waals surface area contributed by atoms with E-state index in [0.717, 1.165) is 17.3 Å². The lowest BCUT2D eigenvalue weighted by atomic mass is 9.87. The Labute approximate surface area is 131 Å². The normalized spacial score (nSPS) is 13.2. The van der Waals surface area contributed by atoms with Crippen LogP contribution in [0.15, 0.2) is 0 Å². The molecule has 0 amide bonds. The first kappa shape index (κ1) is 17.6. The topological polar surface area (TPSA) is 43.4 Å². The van der Waals surface area contributed by atoms with Crippen LogP contribution in [0.5, 0.6) is 0 Å². The first-order valence-corrected chi connectivity index (χ1v) is 8.71. The van der Waals surface area contributed by atoms with Crippen LogP contribution in [0.25, 0.3) is 0 Å². The average molecular weight is 466 g/mol. The maximum Gasteiger partial charge on any atom is 0.316 e. The highest BCUT2D eigenvalue weighted by Gasteiger charge is 2.26. The molecule has 0 bridgehead atoms. The van der Waals surface area contributed by atoms with Crippen molar-refractivity contribution in [2.75, 3.05) is 8.86 Å². The molecule has 0 aromatic rings. The molecule has 1 unspecified atom stereocenters. The summed E-state index contributed by atoms with van der Waals surface area (Å²) in [6.45, 7) is 5.68. The number of carbonyl (C=O) groups is 2. The lowest BCUT2D eigenvalue weighted by Crippen LogP contribution is -2.28. The van der Waals surface area contributed by atoms with Gasteiger partial charge in [0.15, 0.2) is 0 Å². The molecule has 0 aliphatic carbocycles. The summed E-state index contributed by atoms with van der Waals surface area (Å²) in [6, 6.07) is 0. The van der Waals surface area contributed by atoms with Gasteiger partial charge in [-0.05, 0) is 17.3 Å². The number of ether oxygens (including phenoxy) is 1. The van der Waals surface area contributed by atoms with Crippen LogP contribution in [0, 0.1) is 5.41 Å². The van der Waals surface area contributed by atoms with Crippen LogP contribution < -0.4 is 0 Å². The molecule has 0 aromatic carbocycles. The third-order valence-corrected chi connectivity index (χ3v) is 3.70. The fraction of sp³-hybridized carbons (Fsp3) is 0.833. The second-order valence-corrected chi connectivity index (χ2v) is 6.80. The number of rotatable bonds is 7. The number of Topliss-reactive ketones (excluding diaryl/α,β-unsaturated/α-hetero) is 1. The van der Waals surface area contributed by atoms with Crippen molar-refractivity contribution >= 4 is 56.9 Å². The number of hydrogen-bond acceptors (Lipinski definition) is 3. The molecule has 3 nitrogen and oxygen atoms in total. The molecule has 0 spiro atoms. The van der Waals surface area contributed by atoms with E-state index in [1.54, 1.807) is 0 Å². The molecule has 0 heterocycles. The molecule has 0 radical (unpaired) electrons. The largest absolute Gasteiger partial charge is 0.461 e. The highest BCUT2D eigenvalue weighted by Crippen LogP contribution is 2.21. The van der Waals surface area contributed by atoms with Gasteiger partial charge in [0.2, 0.25) is 0 Å². The molecule has 0 saturated heterocycles. The number of ketones is 1. The van der Waals surface area contributed by atoms with Crippen LogP contribution in [-0.2, 0) is 14.3 Å². The molecule has 0 fully saturated rings. The number of hydrogen-bond donors (Lipinski definition) is 0. The quantitative estimate of drug-likeness (QED) is 0.328. The van der Waals surface area contributed by atoms with Crippen LogP contribution in [0.4, 0.5) is 0 Å². The van der Waals surface area contributed by atoms with E-state index >= 15 is 0 Å². The van der Waals surface area contributed by atoms with Gasteiger partial charge in [-0.1, -0.05) is 66.0 Å². The fourth-order valence-corrected chi connectivity index (χ4v) is 1.86. The molecule has 17 heavy (non-hydrogen) atoms. The third kappa shape index (κ3) is 8.34. The van der Waals surface area contributed by atoms with E-state index in [0.29, 0.717) is 10.8 Å². The molecule has 5 heteroatoms. The van der Waals surface area contributed by atoms with Crippen molar-refractivity contribution in [1.82, 2.24) is 0 Å². The maximum absolute atomic E-state index is 11.9. The van der Waals surface area contributed by atoms with Gasteiger partial charge in [0.05, 0.1) is 4.43 Å². The van der Waals surface area contributed by atoms with Gasteiger partial charge >= 0.3 is 5.97 Å². The number of esters is 1. The minimum absolute atomic E-state index is 0.150. The Morgan fingerprint density at radius 3 is 2.24 bits per heavy atom. The monoisotopic (exact) mass is 466 g/mol. The Morgan fingerprint density at radius 1 is 1.24 bits per heavy atom. The van der Waals surface area contributed by atoms with Crippen molar-refractivity contribution in [2.24, 2.45) is 5.41 Å². The second kappa shape index (κ2) is 8.66. The molecular formula is C12H20I2O3. The molecule has 0 N–H and O–H groups in total. The van der Waals surface area contributed by atoms with Crippen LogP contribution >= 0.6 is 45.2 Å². The van der Waals surface area contributed by atoms with Crippen LogP contribution in [0.3, 0.4) is 0 Å². The molecule has 0 aliphatic rings. The fourth-order valence-electron chi connectivity index (χ4n) is 1.24. The van der Waals surface area contributed by atoms with Gasteiger partial charge in [0.1, 0.15) is 11.9 Å². The molecule has 100 valence electrons. The van der Waals surface area contributed by atoms with Gasteiger partial charge in [0, 0.05) is 11.8 Å². The molecule has 0 aliphatic heterocycles. The number of carbonyl (C=O) groups excluding carboxylic acids is 2. The van der Waals surface area contributed by atoms with Crippen molar-refractivity contribution in [3.8, 4) is 0 Å². The summed E-state index contributed by atoms with van der Waals surface area (Å²) in [5, 5.41) is 0. The minimum Gasteiger partial charge on any atom is -0.461 e. The van der Waals surface area contributed by atoms with Gasteiger partial charge in [-0.25, -0.2) is 0 Å². The van der Waals surface area contributed by atoms with E-state index < -0.39 is 0 Å². The Kier molecular flexibility index (Phi) is 8.96. The predicted octanol–water partition coefficient (Wildman–Crippen LogP) is 3.55. The van der Waals surface area contributed by atoms with E-state index in [-0.39, 0.29) is 23.3 Å². The highest BCUT2D eigenvalue weighted by atomic mass is 127. The standard InChI is InChI=1S/C12H20I2O3/c1-12(2,3)10(15)7-9(5-4-6-13)17-11(16)8-14/h9H,4-8H2,1-3H3. The van der Waals surface area contributed by atoms with E-state index in [4.69, 9.17) is 4.74 Å². The molecule has 1 atom stereocenters. The van der Waals surface area contributed by atoms with Gasteiger partial charge in [-0.2, -0.15) is 0 Å². The zero-order chi connectivity index (χ0) is 13.5. The summed E-state index contributed by atoms with van der Waals surface area (Å²) in [6.07, 6.45) is 1.83. The Balaban J connectivity index is 4.37. The first-order chi connectivity index (χ1) is 7.81. The Hall–Kier alpha value is 0.600. The zero-order valence-corrected chi connectivity index (χ0v) is 14.9. The van der Waals surface area contributed by atoms with E-state index in [9.17, 15) is 9.59 Å². The number of alkyl halides is 2. The first-order valence-electron chi connectivity index (χ1n) is 5.66. The van der Waals surface area contributed by atoms with Gasteiger partial charge in [-0.3, -0.25) is 9.59 Å². The minimum atomic E-state index is -0.362. The summed E-state index contributed by atoms with van der Waals surface area (Å²) in [4.78, 5) is 23.2. The summed E-state index contributed by atoms with van der Waals surface area (Å²) in [5.74, 6) is -0.0806. The van der Waals surface area contributed by atoms with E-state index in [1.807, 2.05) is 43.4 Å². The SMILES string of the molecule is CC(C)(C)C(=O)CC(CCCI)OC(=O)CI. The van der Waals surface area contributed by atoms with Crippen LogP contribution in [-0.4, -0.2) is 26.7 Å². The summed E-state index contributed by atoms with van der Waals surface area (Å²) in [5.41, 5.74) is -0.362. The molecule has 0 aromatic heterocycles. The smallest absolute Gasteiger partial charge is 0.316 e. The molecular weight excluding hydrogens is 446 g/mol. The average Bonchev–Trinajstić information content (AvgIpc) is 2.24. The van der Waals surface area contributed by atoms with E-state index in [1.165, 1.54) is 0 Å². The van der Waals surface area contributed by atoms with Crippen molar-refractivity contribution in [3.63, 3.8) is 0 Å². The Morgan fingerprint density at radius 2 is 1.82 bits per heavy atom. The van der Waals surface area contributed by atoms with Gasteiger partial charge in [-0.15, -0.1) is 0 Å². The van der Waals surface area contributed by atoms with Crippen molar-refractivity contribution in [1.29, 1.82) is 0 Å². The maximum atomic E-state index is 11.9. The van der Waals surface area contributed by atoms with Gasteiger partial charge in [0.25, 0.3) is 0 Å². The van der Waals surface area contributed by atoms with Crippen LogP contribution in [0.1, 0.15) is 40.0 Å². The zero-order valence-electron chi connectivity index (χ0n) is 10.6. The third-order valence-electron chi connectivity index (χ3n) is 2.32. The molecule has 0 rings (SSSR count). The van der Waals surface area contributed by atoms with Gasteiger partial charge < -0.3 is 4.74 Å². The Bertz CT molecular complexity index is 259. The summed E-state index contributed by atoms with van der Waals surface area (Å²) < 4.78 is 6.65. The molecule has 0 saturated carbocycles. The summed E-state index contributed by atoms with van der Waals surface area (Å²) >= 11 is 4.26. The van der Waals surface area contributed by atoms with Crippen molar-refractivity contribution in [3.05, 3.63) is 0 Å². The highest BCUT2D eigenvalue weighted by molar-refractivity contribution is 14.1. The number of halogens is 2.